The molecule has 1 aliphatic rings. The van der Waals surface area contributed by atoms with Crippen molar-refractivity contribution in [3.8, 4) is 5.75 Å². The molecule has 1 heterocycles. The number of aromatic hydroxyl groups is 1. The van der Waals surface area contributed by atoms with Gasteiger partial charge in [-0.25, -0.2) is 0 Å². The number of hydrogen-bond acceptors (Lipinski definition) is 2. The van der Waals surface area contributed by atoms with Crippen molar-refractivity contribution in [2.75, 3.05) is 4.90 Å². The first kappa shape index (κ1) is 17.7. The van der Waals surface area contributed by atoms with Gasteiger partial charge in [-0.2, -0.15) is 0 Å². The van der Waals surface area contributed by atoms with Crippen molar-refractivity contribution in [1.29, 1.82) is 0 Å². The maximum atomic E-state index is 10.1. The number of rotatable bonds is 1. The first-order chi connectivity index (χ1) is 12.7. The number of anilines is 3. The van der Waals surface area contributed by atoms with Gasteiger partial charge >= 0.3 is 0 Å². The standard InChI is InChI=1S/C25H27NO/c1-24(2,3)17-10-12-18(13-11-17)26-22-9-7-6-8-20(22)25(4,5)21-16-19(27)14-15-23(21)26/h6-16,27H,1-5H3. The Hall–Kier alpha value is -2.74. The number of phenols is 1. The summed E-state index contributed by atoms with van der Waals surface area (Å²) in [6, 6.07) is 23.1. The van der Waals surface area contributed by atoms with E-state index in [1.54, 1.807) is 6.07 Å². The van der Waals surface area contributed by atoms with Gasteiger partial charge in [-0.15, -0.1) is 0 Å². The fourth-order valence-electron chi connectivity index (χ4n) is 4.08. The van der Waals surface area contributed by atoms with Gasteiger partial charge in [0.15, 0.2) is 0 Å². The smallest absolute Gasteiger partial charge is 0.116 e. The molecule has 0 spiro atoms. The van der Waals surface area contributed by atoms with Gasteiger partial charge in [0.1, 0.15) is 5.75 Å². The van der Waals surface area contributed by atoms with Gasteiger partial charge in [0, 0.05) is 11.1 Å². The second-order valence-electron chi connectivity index (χ2n) is 8.98. The second-order valence-corrected chi connectivity index (χ2v) is 8.98. The van der Waals surface area contributed by atoms with Crippen LogP contribution in [-0.4, -0.2) is 5.11 Å². The van der Waals surface area contributed by atoms with Gasteiger partial charge in [0.05, 0.1) is 11.4 Å². The molecule has 0 atom stereocenters. The van der Waals surface area contributed by atoms with E-state index < -0.39 is 0 Å². The third kappa shape index (κ3) is 2.80. The van der Waals surface area contributed by atoms with E-state index in [9.17, 15) is 5.11 Å². The molecule has 0 amide bonds. The van der Waals surface area contributed by atoms with Crippen LogP contribution in [0, 0.1) is 0 Å². The summed E-state index contributed by atoms with van der Waals surface area (Å²) >= 11 is 0. The third-order valence-electron chi connectivity index (χ3n) is 5.70. The van der Waals surface area contributed by atoms with E-state index in [0.29, 0.717) is 5.75 Å². The van der Waals surface area contributed by atoms with E-state index in [2.05, 4.69) is 88.0 Å². The molecule has 0 saturated heterocycles. The number of para-hydroxylation sites is 1. The minimum atomic E-state index is -0.174. The highest BCUT2D eigenvalue weighted by Gasteiger charge is 2.36. The van der Waals surface area contributed by atoms with E-state index in [-0.39, 0.29) is 10.8 Å². The first-order valence-electron chi connectivity index (χ1n) is 9.53. The number of fused-ring (bicyclic) bond motifs is 2. The SMILES string of the molecule is CC(C)(C)c1ccc(N2c3ccccc3C(C)(C)c3cc(O)ccc32)cc1. The van der Waals surface area contributed by atoms with Gasteiger partial charge in [0.2, 0.25) is 0 Å². The molecule has 138 valence electrons. The zero-order valence-electron chi connectivity index (χ0n) is 16.7. The summed E-state index contributed by atoms with van der Waals surface area (Å²) in [7, 11) is 0. The van der Waals surface area contributed by atoms with E-state index in [0.717, 1.165) is 16.9 Å². The summed E-state index contributed by atoms with van der Waals surface area (Å²) in [6.45, 7) is 11.2. The highest BCUT2D eigenvalue weighted by atomic mass is 16.3. The Morgan fingerprint density at radius 1 is 0.778 bits per heavy atom. The summed E-state index contributed by atoms with van der Waals surface area (Å²) in [6.07, 6.45) is 0. The summed E-state index contributed by atoms with van der Waals surface area (Å²) in [4.78, 5) is 2.31. The molecule has 1 aliphatic heterocycles. The van der Waals surface area contributed by atoms with Crippen molar-refractivity contribution >= 4 is 17.1 Å². The van der Waals surface area contributed by atoms with Crippen molar-refractivity contribution in [2.45, 2.75) is 45.4 Å². The van der Waals surface area contributed by atoms with E-state index in [1.807, 2.05) is 12.1 Å². The topological polar surface area (TPSA) is 23.5 Å². The lowest BCUT2D eigenvalue weighted by Crippen LogP contribution is -2.30. The van der Waals surface area contributed by atoms with Crippen molar-refractivity contribution in [1.82, 2.24) is 0 Å². The summed E-state index contributed by atoms with van der Waals surface area (Å²) < 4.78 is 0. The molecule has 0 aliphatic carbocycles. The highest BCUT2D eigenvalue weighted by Crippen LogP contribution is 2.52. The maximum absolute atomic E-state index is 10.1. The van der Waals surface area contributed by atoms with Crippen LogP contribution in [0.25, 0.3) is 0 Å². The fraction of sp³-hybridized carbons (Fsp3) is 0.280. The average molecular weight is 357 g/mol. The minimum absolute atomic E-state index is 0.129. The van der Waals surface area contributed by atoms with Crippen LogP contribution in [0.1, 0.15) is 51.3 Å². The molecule has 0 radical (unpaired) electrons. The Labute approximate surface area is 162 Å². The molecular formula is C25H27NO. The molecule has 0 unspecified atom stereocenters. The average Bonchev–Trinajstić information content (AvgIpc) is 2.62. The molecule has 0 bridgehead atoms. The van der Waals surface area contributed by atoms with Crippen LogP contribution < -0.4 is 4.90 Å². The Morgan fingerprint density at radius 2 is 1.41 bits per heavy atom. The van der Waals surface area contributed by atoms with Crippen LogP contribution in [-0.2, 0) is 10.8 Å². The monoisotopic (exact) mass is 357 g/mol. The largest absolute Gasteiger partial charge is 0.508 e. The van der Waals surface area contributed by atoms with Crippen molar-refractivity contribution < 1.29 is 5.11 Å². The van der Waals surface area contributed by atoms with Crippen LogP contribution in [0.5, 0.6) is 5.75 Å². The molecule has 0 fully saturated rings. The van der Waals surface area contributed by atoms with Gasteiger partial charge in [-0.1, -0.05) is 65.0 Å². The van der Waals surface area contributed by atoms with Crippen LogP contribution in [0.4, 0.5) is 17.1 Å². The fourth-order valence-corrected chi connectivity index (χ4v) is 4.08. The lowest BCUT2D eigenvalue weighted by Gasteiger charge is -2.42. The van der Waals surface area contributed by atoms with Crippen molar-refractivity contribution in [3.05, 3.63) is 83.4 Å². The summed E-state index contributed by atoms with van der Waals surface area (Å²) in [5, 5.41) is 10.1. The predicted octanol–water partition coefficient (Wildman–Crippen LogP) is 6.80. The van der Waals surface area contributed by atoms with Gasteiger partial charge in [0.25, 0.3) is 0 Å². The molecule has 2 nitrogen and oxygen atoms in total. The Bertz CT molecular complexity index is 994. The number of phenolic OH excluding ortho intramolecular Hbond substituents is 1. The summed E-state index contributed by atoms with van der Waals surface area (Å²) in [5.74, 6) is 0.309. The van der Waals surface area contributed by atoms with E-state index >= 15 is 0 Å². The summed E-state index contributed by atoms with van der Waals surface area (Å²) in [5.41, 5.74) is 7.14. The number of hydrogen-bond donors (Lipinski definition) is 1. The minimum Gasteiger partial charge on any atom is -0.508 e. The van der Waals surface area contributed by atoms with Crippen LogP contribution in [0.15, 0.2) is 66.7 Å². The molecule has 3 aromatic rings. The third-order valence-corrected chi connectivity index (χ3v) is 5.70. The maximum Gasteiger partial charge on any atom is 0.116 e. The Balaban J connectivity index is 1.94. The van der Waals surface area contributed by atoms with E-state index in [4.69, 9.17) is 0 Å². The molecular weight excluding hydrogens is 330 g/mol. The normalized spacial score (nSPS) is 15.2. The van der Waals surface area contributed by atoms with Gasteiger partial charge in [-0.3, -0.25) is 0 Å². The quantitative estimate of drug-likeness (QED) is 0.518. The van der Waals surface area contributed by atoms with Crippen molar-refractivity contribution in [2.24, 2.45) is 0 Å². The lowest BCUT2D eigenvalue weighted by molar-refractivity contribution is 0.472. The van der Waals surface area contributed by atoms with Crippen LogP contribution >= 0.6 is 0 Å². The van der Waals surface area contributed by atoms with Gasteiger partial charge in [-0.05, 0) is 58.5 Å². The zero-order chi connectivity index (χ0) is 19.4. The van der Waals surface area contributed by atoms with E-state index in [1.165, 1.54) is 16.8 Å². The molecule has 1 N–H and O–H groups in total. The lowest BCUT2D eigenvalue weighted by atomic mass is 9.73. The second kappa shape index (κ2) is 5.88. The molecule has 0 saturated carbocycles. The van der Waals surface area contributed by atoms with Crippen LogP contribution in [0.2, 0.25) is 0 Å². The Morgan fingerprint density at radius 3 is 2.07 bits per heavy atom. The van der Waals surface area contributed by atoms with Gasteiger partial charge < -0.3 is 10.0 Å². The molecule has 3 aromatic carbocycles. The zero-order valence-corrected chi connectivity index (χ0v) is 16.7. The van der Waals surface area contributed by atoms with Crippen molar-refractivity contribution in [3.63, 3.8) is 0 Å². The highest BCUT2D eigenvalue weighted by molar-refractivity contribution is 5.86. The first-order valence-corrected chi connectivity index (χ1v) is 9.53. The molecule has 27 heavy (non-hydrogen) atoms. The number of benzene rings is 3. The molecule has 4 rings (SSSR count). The molecule has 2 heteroatoms. The number of nitrogens with zero attached hydrogens (tertiary/aromatic N) is 1. The van der Waals surface area contributed by atoms with Crippen LogP contribution in [0.3, 0.4) is 0 Å². The Kier molecular flexibility index (Phi) is 3.85. The predicted molar refractivity (Wildman–Crippen MR) is 114 cm³/mol. The molecule has 0 aromatic heterocycles.